The smallest absolute Gasteiger partial charge is 0.387 e. The van der Waals surface area contributed by atoms with Gasteiger partial charge in [0.2, 0.25) is 5.95 Å². The van der Waals surface area contributed by atoms with Gasteiger partial charge in [0.05, 0.1) is 23.4 Å². The Morgan fingerprint density at radius 2 is 1.75 bits per heavy atom. The number of alkyl halides is 2. The van der Waals surface area contributed by atoms with Crippen molar-refractivity contribution in [3.8, 4) is 16.9 Å². The maximum absolute atomic E-state index is 13.1. The van der Waals surface area contributed by atoms with Gasteiger partial charge in [-0.3, -0.25) is 4.79 Å². The Kier molecular flexibility index (Phi) is 5.92. The number of pyridine rings is 1. The van der Waals surface area contributed by atoms with Gasteiger partial charge in [-0.15, -0.1) is 0 Å². The molecule has 1 aliphatic heterocycles. The van der Waals surface area contributed by atoms with Crippen LogP contribution in [0.2, 0.25) is 0 Å². The summed E-state index contributed by atoms with van der Waals surface area (Å²) in [6.07, 6.45) is 6.73. The van der Waals surface area contributed by atoms with Crippen LogP contribution in [0, 0.1) is 17.8 Å². The number of aromatic nitrogens is 4. The number of hydrogen-bond donors (Lipinski definition) is 2. The summed E-state index contributed by atoms with van der Waals surface area (Å²) in [4.78, 5) is 27.6. The van der Waals surface area contributed by atoms with Crippen LogP contribution in [-0.2, 0) is 4.79 Å². The van der Waals surface area contributed by atoms with Crippen molar-refractivity contribution in [1.82, 2.24) is 19.4 Å². The minimum Gasteiger partial charge on any atom is -0.481 e. The van der Waals surface area contributed by atoms with E-state index in [1.807, 2.05) is 22.7 Å². The lowest BCUT2D eigenvalue weighted by Crippen LogP contribution is -2.45. The van der Waals surface area contributed by atoms with E-state index in [-0.39, 0.29) is 29.4 Å². The summed E-state index contributed by atoms with van der Waals surface area (Å²) in [5.41, 5.74) is 4.10. The Morgan fingerprint density at radius 1 is 1.02 bits per heavy atom. The average molecular weight is 548 g/mol. The summed E-state index contributed by atoms with van der Waals surface area (Å²) in [5, 5.41) is 20.4. The first-order valence-corrected chi connectivity index (χ1v) is 13.4. The molecule has 0 radical (unpaired) electrons. The van der Waals surface area contributed by atoms with Crippen LogP contribution in [0.15, 0.2) is 55.0 Å². The number of rotatable bonds is 6. The third-order valence-electron chi connectivity index (χ3n) is 8.67. The van der Waals surface area contributed by atoms with Gasteiger partial charge >= 0.3 is 12.6 Å². The first kappa shape index (κ1) is 24.9. The maximum Gasteiger partial charge on any atom is 0.387 e. The van der Waals surface area contributed by atoms with Crippen LogP contribution >= 0.6 is 0 Å². The van der Waals surface area contributed by atoms with Gasteiger partial charge in [-0.25, -0.2) is 15.0 Å². The Morgan fingerprint density at radius 3 is 2.45 bits per heavy atom. The largest absolute Gasteiger partial charge is 0.481 e. The number of benzene rings is 1. The molecule has 1 saturated heterocycles. The molecule has 7 rings (SSSR count). The molecular weight excluding hydrogens is 520 g/mol. The molecule has 2 bridgehead atoms. The SMILES string of the molecule is O=C(O)[C@@H]1[C@@H]2CC[C@H]1CN(c1ncc(-c3ccc4nc5c(n4c3)[C@@H](c3ccccc3OC(F)F)CC5O)cn1)C2. The number of fused-ring (bicyclic) bond motifs is 5. The van der Waals surface area contributed by atoms with Crippen LogP contribution in [0.1, 0.15) is 48.2 Å². The molecule has 1 saturated carbocycles. The quantitative estimate of drug-likeness (QED) is 0.363. The maximum atomic E-state index is 13.1. The van der Waals surface area contributed by atoms with E-state index >= 15 is 0 Å². The number of carbonyl (C=O) groups is 1. The second kappa shape index (κ2) is 9.51. The van der Waals surface area contributed by atoms with Crippen molar-refractivity contribution < 1.29 is 28.5 Å². The zero-order chi connectivity index (χ0) is 27.5. The van der Waals surface area contributed by atoms with Gasteiger partial charge in [-0.2, -0.15) is 8.78 Å². The van der Waals surface area contributed by atoms with Crippen molar-refractivity contribution in [2.24, 2.45) is 17.8 Å². The van der Waals surface area contributed by atoms with Gasteiger partial charge in [0.1, 0.15) is 11.4 Å². The number of para-hydroxylation sites is 1. The van der Waals surface area contributed by atoms with Gasteiger partial charge in [0.25, 0.3) is 0 Å². The summed E-state index contributed by atoms with van der Waals surface area (Å²) in [7, 11) is 0. The number of aliphatic carboxylic acids is 1. The lowest BCUT2D eigenvalue weighted by Gasteiger charge is -2.35. The van der Waals surface area contributed by atoms with Crippen LogP contribution < -0.4 is 9.64 Å². The number of anilines is 1. The molecule has 206 valence electrons. The van der Waals surface area contributed by atoms with Crippen LogP contribution in [0.4, 0.5) is 14.7 Å². The van der Waals surface area contributed by atoms with Crippen molar-refractivity contribution >= 4 is 17.6 Å². The molecule has 40 heavy (non-hydrogen) atoms. The summed E-state index contributed by atoms with van der Waals surface area (Å²) >= 11 is 0. The van der Waals surface area contributed by atoms with Crippen LogP contribution in [0.25, 0.3) is 16.8 Å². The topological polar surface area (TPSA) is 113 Å². The van der Waals surface area contributed by atoms with E-state index in [0.717, 1.165) is 29.7 Å². The summed E-state index contributed by atoms with van der Waals surface area (Å²) in [5.74, 6) is -0.464. The number of ether oxygens (including phenoxy) is 1. The third kappa shape index (κ3) is 4.07. The second-order valence-electron chi connectivity index (χ2n) is 10.9. The van der Waals surface area contributed by atoms with Crippen LogP contribution in [-0.4, -0.2) is 55.2 Å². The highest BCUT2D eigenvalue weighted by Crippen LogP contribution is 2.47. The molecule has 4 aromatic rings. The van der Waals surface area contributed by atoms with E-state index in [1.165, 1.54) is 6.07 Å². The van der Waals surface area contributed by atoms with Gasteiger partial charge in [-0.1, -0.05) is 18.2 Å². The molecule has 11 heteroatoms. The van der Waals surface area contributed by atoms with Crippen LogP contribution in [0.5, 0.6) is 5.75 Å². The molecule has 1 aromatic carbocycles. The van der Waals surface area contributed by atoms with Gasteiger partial charge in [0, 0.05) is 54.3 Å². The molecule has 2 fully saturated rings. The second-order valence-corrected chi connectivity index (χ2v) is 10.9. The minimum atomic E-state index is -2.96. The third-order valence-corrected chi connectivity index (χ3v) is 8.67. The molecule has 3 aliphatic rings. The van der Waals surface area contributed by atoms with E-state index < -0.39 is 18.7 Å². The summed E-state index contributed by atoms with van der Waals surface area (Å²) in [6.45, 7) is -1.68. The molecule has 5 atom stereocenters. The molecule has 0 spiro atoms. The van der Waals surface area contributed by atoms with Gasteiger partial charge in [0.15, 0.2) is 0 Å². The van der Waals surface area contributed by atoms with E-state index in [9.17, 15) is 23.8 Å². The molecule has 9 nitrogen and oxygen atoms in total. The predicted molar refractivity (Wildman–Crippen MR) is 140 cm³/mol. The van der Waals surface area contributed by atoms with E-state index in [0.29, 0.717) is 42.4 Å². The fraction of sp³-hybridized carbons (Fsp3) is 0.379. The number of halogens is 2. The monoisotopic (exact) mass is 547 g/mol. The highest BCUT2D eigenvalue weighted by atomic mass is 19.3. The number of piperidine rings is 1. The van der Waals surface area contributed by atoms with Crippen molar-refractivity contribution in [1.29, 1.82) is 0 Å². The number of aliphatic hydroxyl groups is 1. The number of hydrogen-bond acceptors (Lipinski definition) is 7. The molecule has 0 amide bonds. The first-order chi connectivity index (χ1) is 19.4. The van der Waals surface area contributed by atoms with Crippen molar-refractivity contribution in [3.05, 3.63) is 71.9 Å². The number of nitrogens with zero attached hydrogens (tertiary/aromatic N) is 5. The Hall–Kier alpha value is -4.12. The van der Waals surface area contributed by atoms with E-state index in [1.54, 1.807) is 30.6 Å². The molecule has 4 heterocycles. The normalized spacial score (nSPS) is 25.5. The van der Waals surface area contributed by atoms with Crippen LogP contribution in [0.3, 0.4) is 0 Å². The average Bonchev–Trinajstić information content (AvgIpc) is 3.57. The minimum absolute atomic E-state index is 0.0819. The highest BCUT2D eigenvalue weighted by molar-refractivity contribution is 5.72. The van der Waals surface area contributed by atoms with Crippen molar-refractivity contribution in [3.63, 3.8) is 0 Å². The molecular formula is C29H27F2N5O4. The predicted octanol–water partition coefficient (Wildman–Crippen LogP) is 4.51. The Labute approximate surface area is 228 Å². The lowest BCUT2D eigenvalue weighted by atomic mass is 9.85. The Balaban J connectivity index is 1.20. The molecule has 3 aromatic heterocycles. The zero-order valence-electron chi connectivity index (χ0n) is 21.4. The fourth-order valence-corrected chi connectivity index (χ4v) is 6.96. The number of imidazole rings is 1. The van der Waals surface area contributed by atoms with E-state index in [2.05, 4.69) is 19.9 Å². The fourth-order valence-electron chi connectivity index (χ4n) is 6.96. The molecule has 2 aliphatic carbocycles. The number of carboxylic acids is 1. The first-order valence-electron chi connectivity index (χ1n) is 13.4. The van der Waals surface area contributed by atoms with Crippen molar-refractivity contribution in [2.75, 3.05) is 18.0 Å². The van der Waals surface area contributed by atoms with Gasteiger partial charge < -0.3 is 24.3 Å². The van der Waals surface area contributed by atoms with E-state index in [4.69, 9.17) is 4.74 Å². The van der Waals surface area contributed by atoms with Crippen molar-refractivity contribution in [2.45, 2.75) is 37.9 Å². The highest BCUT2D eigenvalue weighted by Gasteiger charge is 2.46. The number of carboxylic acid groups (broad SMARTS) is 1. The lowest BCUT2D eigenvalue weighted by molar-refractivity contribution is -0.144. The standard InChI is InChI=1S/C29H27F2N5O4/c30-28(31)40-22-4-2-1-3-19(22)20-9-21(37)25-26(20)36-14-15(7-8-23(36)34-25)18-10-32-29(33-11-18)35-12-16-5-6-17(13-35)24(16)27(38)39/h1-4,7-8,10-11,14,16-17,20-21,24,28,37H,5-6,9,12-13H2,(H,38,39)/t16-,17+,20-,21?,24-/m1/s1. The number of aliphatic hydroxyl groups excluding tert-OH is 1. The Bertz CT molecular complexity index is 1580. The summed E-state index contributed by atoms with van der Waals surface area (Å²) < 4.78 is 32.9. The summed E-state index contributed by atoms with van der Waals surface area (Å²) in [6, 6.07) is 10.4. The molecule has 2 N–H and O–H groups in total. The molecule has 1 unspecified atom stereocenters. The zero-order valence-corrected chi connectivity index (χ0v) is 21.4. The van der Waals surface area contributed by atoms with Gasteiger partial charge in [-0.05, 0) is 49.3 Å².